The van der Waals surface area contributed by atoms with Gasteiger partial charge in [0.05, 0.1) is 13.0 Å². The summed E-state index contributed by atoms with van der Waals surface area (Å²) in [5.74, 6) is 1.15. The SMILES string of the molecule is COc1ccc2n1C[C@@H]1CCCC=C1[N+]([O-])=C2. The van der Waals surface area contributed by atoms with Crippen LogP contribution in [0.2, 0.25) is 0 Å². The molecule has 0 saturated carbocycles. The van der Waals surface area contributed by atoms with E-state index in [1.165, 1.54) is 6.42 Å². The van der Waals surface area contributed by atoms with Crippen LogP contribution in [0.3, 0.4) is 0 Å². The van der Waals surface area contributed by atoms with Gasteiger partial charge in [-0.25, -0.2) is 0 Å². The van der Waals surface area contributed by atoms with E-state index in [0.717, 1.165) is 41.4 Å². The van der Waals surface area contributed by atoms with E-state index < -0.39 is 0 Å². The Balaban J connectivity index is 2.09. The molecule has 2 heterocycles. The van der Waals surface area contributed by atoms with Gasteiger partial charge >= 0.3 is 0 Å². The van der Waals surface area contributed by atoms with Gasteiger partial charge < -0.3 is 14.5 Å². The Morgan fingerprint density at radius 3 is 3.18 bits per heavy atom. The lowest BCUT2D eigenvalue weighted by atomic mass is 9.92. The summed E-state index contributed by atoms with van der Waals surface area (Å²) in [6.45, 7) is 0.840. The number of fused-ring (bicyclic) bond motifs is 2. The third-order valence-electron chi connectivity index (χ3n) is 3.62. The molecule has 0 bridgehead atoms. The zero-order valence-corrected chi connectivity index (χ0v) is 9.93. The summed E-state index contributed by atoms with van der Waals surface area (Å²) in [5, 5.41) is 12.0. The molecular formula is C13H16N2O2. The molecule has 1 aromatic rings. The van der Waals surface area contributed by atoms with Crippen molar-refractivity contribution in [3.05, 3.63) is 34.8 Å². The van der Waals surface area contributed by atoms with Gasteiger partial charge in [-0.05, 0) is 31.4 Å². The second kappa shape index (κ2) is 3.95. The van der Waals surface area contributed by atoms with Gasteiger partial charge in [0, 0.05) is 12.6 Å². The molecule has 90 valence electrons. The Kier molecular flexibility index (Phi) is 2.42. The summed E-state index contributed by atoms with van der Waals surface area (Å²) in [4.78, 5) is 0. The smallest absolute Gasteiger partial charge is 0.204 e. The molecular weight excluding hydrogens is 216 g/mol. The number of aromatic nitrogens is 1. The van der Waals surface area contributed by atoms with Crippen LogP contribution in [-0.4, -0.2) is 22.6 Å². The number of hydrogen-bond donors (Lipinski definition) is 0. The molecule has 1 aliphatic heterocycles. The van der Waals surface area contributed by atoms with E-state index in [4.69, 9.17) is 4.74 Å². The van der Waals surface area contributed by atoms with Crippen LogP contribution in [-0.2, 0) is 6.54 Å². The largest absolute Gasteiger partial charge is 0.618 e. The van der Waals surface area contributed by atoms with Gasteiger partial charge in [0.25, 0.3) is 0 Å². The molecule has 0 spiro atoms. The minimum Gasteiger partial charge on any atom is -0.618 e. The maximum atomic E-state index is 12.0. The lowest BCUT2D eigenvalue weighted by molar-refractivity contribution is -0.406. The molecule has 0 amide bonds. The third kappa shape index (κ3) is 1.64. The van der Waals surface area contributed by atoms with Gasteiger partial charge in [-0.3, -0.25) is 0 Å². The molecule has 1 aromatic heterocycles. The van der Waals surface area contributed by atoms with Crippen LogP contribution >= 0.6 is 0 Å². The monoisotopic (exact) mass is 232 g/mol. The van der Waals surface area contributed by atoms with Gasteiger partial charge in [-0.1, -0.05) is 0 Å². The van der Waals surface area contributed by atoms with Crippen molar-refractivity contribution in [3.8, 4) is 5.88 Å². The highest BCUT2D eigenvalue weighted by Crippen LogP contribution is 2.31. The molecule has 4 nitrogen and oxygen atoms in total. The molecule has 1 atom stereocenters. The van der Waals surface area contributed by atoms with E-state index in [-0.39, 0.29) is 0 Å². The lowest BCUT2D eigenvalue weighted by Crippen LogP contribution is -2.19. The van der Waals surface area contributed by atoms with E-state index in [1.54, 1.807) is 13.3 Å². The fourth-order valence-electron chi connectivity index (χ4n) is 2.75. The summed E-state index contributed by atoms with van der Waals surface area (Å²) in [7, 11) is 1.67. The first-order chi connectivity index (χ1) is 8.29. The molecule has 2 aliphatic rings. The maximum Gasteiger partial charge on any atom is 0.204 e. The molecule has 4 heteroatoms. The Morgan fingerprint density at radius 1 is 1.47 bits per heavy atom. The second-order valence-corrected chi connectivity index (χ2v) is 4.62. The first-order valence-electron chi connectivity index (χ1n) is 6.04. The minimum absolute atomic E-state index is 0.319. The van der Waals surface area contributed by atoms with Crippen molar-refractivity contribution in [2.24, 2.45) is 5.92 Å². The number of rotatable bonds is 1. The van der Waals surface area contributed by atoms with Crippen molar-refractivity contribution in [1.82, 2.24) is 4.57 Å². The second-order valence-electron chi connectivity index (χ2n) is 4.62. The lowest BCUT2D eigenvalue weighted by Gasteiger charge is -2.20. The van der Waals surface area contributed by atoms with Gasteiger partial charge in [0.15, 0.2) is 11.6 Å². The van der Waals surface area contributed by atoms with Crippen molar-refractivity contribution in [2.75, 3.05) is 7.11 Å². The molecule has 17 heavy (non-hydrogen) atoms. The molecule has 0 saturated heterocycles. The molecule has 0 fully saturated rings. The average molecular weight is 232 g/mol. The Bertz CT molecular complexity index is 500. The average Bonchev–Trinajstić information content (AvgIpc) is 2.66. The standard InChI is InChI=1S/C13H16N2O2/c1-17-13-7-6-11-9-15(16)12-5-3-2-4-10(12)8-14(11)13/h5-7,9-10H,2-4,8H2,1H3/t10-/m0/s1. The van der Waals surface area contributed by atoms with Crippen molar-refractivity contribution < 1.29 is 9.48 Å². The van der Waals surface area contributed by atoms with Crippen molar-refractivity contribution in [2.45, 2.75) is 25.8 Å². The highest BCUT2D eigenvalue weighted by Gasteiger charge is 2.29. The number of hydroxylamine groups is 1. The van der Waals surface area contributed by atoms with Gasteiger partial charge in [-0.15, -0.1) is 0 Å². The fraction of sp³-hybridized carbons (Fsp3) is 0.462. The van der Waals surface area contributed by atoms with Gasteiger partial charge in [-0.2, -0.15) is 4.74 Å². The highest BCUT2D eigenvalue weighted by molar-refractivity contribution is 5.75. The third-order valence-corrected chi connectivity index (χ3v) is 3.62. The normalized spacial score (nSPS) is 23.0. The summed E-state index contributed by atoms with van der Waals surface area (Å²) in [6.07, 6.45) is 7.00. The Labute approximate surface area is 100 Å². The van der Waals surface area contributed by atoms with Crippen LogP contribution in [0.15, 0.2) is 23.9 Å². The highest BCUT2D eigenvalue weighted by atomic mass is 16.5. The number of allylic oxidation sites excluding steroid dienone is 2. The van der Waals surface area contributed by atoms with Crippen LogP contribution in [0.25, 0.3) is 0 Å². The zero-order valence-electron chi connectivity index (χ0n) is 9.93. The predicted octanol–water partition coefficient (Wildman–Crippen LogP) is 2.12. The fourth-order valence-corrected chi connectivity index (χ4v) is 2.75. The van der Waals surface area contributed by atoms with Gasteiger partial charge in [0.1, 0.15) is 5.69 Å². The van der Waals surface area contributed by atoms with Crippen LogP contribution in [0.4, 0.5) is 0 Å². The quantitative estimate of drug-likeness (QED) is 0.549. The van der Waals surface area contributed by atoms with Crippen LogP contribution in [0.5, 0.6) is 5.88 Å². The van der Waals surface area contributed by atoms with E-state index in [2.05, 4.69) is 10.6 Å². The van der Waals surface area contributed by atoms with Crippen LogP contribution in [0.1, 0.15) is 25.0 Å². The molecule has 1 aliphatic carbocycles. The van der Waals surface area contributed by atoms with E-state index >= 15 is 0 Å². The molecule has 0 aromatic carbocycles. The van der Waals surface area contributed by atoms with E-state index in [0.29, 0.717) is 5.92 Å². The van der Waals surface area contributed by atoms with Crippen LogP contribution in [0, 0.1) is 11.1 Å². The zero-order chi connectivity index (χ0) is 11.8. The van der Waals surface area contributed by atoms with E-state index in [1.807, 2.05) is 12.1 Å². The number of methoxy groups -OCH3 is 1. The summed E-state index contributed by atoms with van der Waals surface area (Å²) >= 11 is 0. The van der Waals surface area contributed by atoms with Crippen molar-refractivity contribution in [3.63, 3.8) is 0 Å². The Hall–Kier alpha value is -1.71. The summed E-state index contributed by atoms with van der Waals surface area (Å²) in [6, 6.07) is 3.85. The number of nitrogens with zero attached hydrogens (tertiary/aromatic N) is 2. The number of ether oxygens (including phenoxy) is 1. The molecule has 0 unspecified atom stereocenters. The molecule has 0 N–H and O–H groups in total. The van der Waals surface area contributed by atoms with Crippen molar-refractivity contribution >= 4 is 6.21 Å². The van der Waals surface area contributed by atoms with Gasteiger partial charge in [0.2, 0.25) is 6.21 Å². The maximum absolute atomic E-state index is 12.0. The summed E-state index contributed by atoms with van der Waals surface area (Å²) in [5.41, 5.74) is 1.84. The Morgan fingerprint density at radius 2 is 2.35 bits per heavy atom. The van der Waals surface area contributed by atoms with Crippen molar-refractivity contribution in [1.29, 1.82) is 0 Å². The number of hydrogen-bond acceptors (Lipinski definition) is 2. The minimum atomic E-state index is 0.319. The molecule has 0 radical (unpaired) electrons. The predicted molar refractivity (Wildman–Crippen MR) is 65.2 cm³/mol. The first kappa shape index (κ1) is 10.4. The molecule has 3 rings (SSSR count). The van der Waals surface area contributed by atoms with Crippen LogP contribution < -0.4 is 4.74 Å². The summed E-state index contributed by atoms with van der Waals surface area (Å²) < 4.78 is 8.44. The topological polar surface area (TPSA) is 40.2 Å². The first-order valence-corrected chi connectivity index (χ1v) is 6.04. The van der Waals surface area contributed by atoms with E-state index in [9.17, 15) is 5.21 Å².